The van der Waals surface area contributed by atoms with Crippen LogP contribution in [0.15, 0.2) is 42.7 Å². The number of aliphatic hydroxyl groups is 1. The molecule has 5 rings (SSSR count). The van der Waals surface area contributed by atoms with Gasteiger partial charge in [0, 0.05) is 43.1 Å². The normalized spacial score (nSPS) is 17.0. The third-order valence-electron chi connectivity index (χ3n) is 7.22. The van der Waals surface area contributed by atoms with Crippen LogP contribution in [-0.2, 0) is 22.7 Å². The summed E-state index contributed by atoms with van der Waals surface area (Å²) in [4.78, 5) is 41.1. The first-order chi connectivity index (χ1) is 18.8. The van der Waals surface area contributed by atoms with Crippen LogP contribution >= 0.6 is 11.6 Å². The summed E-state index contributed by atoms with van der Waals surface area (Å²) >= 11 is 6.46. The summed E-state index contributed by atoms with van der Waals surface area (Å²) in [7, 11) is 0. The van der Waals surface area contributed by atoms with E-state index in [1.165, 1.54) is 0 Å². The van der Waals surface area contributed by atoms with Crippen LogP contribution in [0.2, 0.25) is 5.02 Å². The monoisotopic (exact) mass is 550 g/mol. The average molecular weight is 551 g/mol. The molecule has 1 aromatic carbocycles. The number of aliphatic hydroxyl groups excluding tert-OH is 1. The molecular weight excluding hydrogens is 520 g/mol. The maximum atomic E-state index is 13.4. The third kappa shape index (κ3) is 5.88. The van der Waals surface area contributed by atoms with Gasteiger partial charge in [0.1, 0.15) is 6.04 Å². The van der Waals surface area contributed by atoms with Crippen molar-refractivity contribution < 1.29 is 19.4 Å². The van der Waals surface area contributed by atoms with Crippen LogP contribution in [0, 0.1) is 0 Å². The van der Waals surface area contributed by atoms with Gasteiger partial charge in [0.25, 0.3) is 5.91 Å². The van der Waals surface area contributed by atoms with Crippen molar-refractivity contribution in [3.63, 3.8) is 0 Å². The zero-order valence-electron chi connectivity index (χ0n) is 21.9. The Labute approximate surface area is 231 Å². The van der Waals surface area contributed by atoms with Gasteiger partial charge in [-0.25, -0.2) is 9.97 Å². The average Bonchev–Trinajstić information content (AvgIpc) is 3.29. The Hall–Kier alpha value is -3.60. The number of carbonyl (C=O) groups excluding carboxylic acids is 2. The van der Waals surface area contributed by atoms with E-state index in [1.54, 1.807) is 42.4 Å². The lowest BCUT2D eigenvalue weighted by Gasteiger charge is -2.25. The molecule has 2 amide bonds. The van der Waals surface area contributed by atoms with Crippen molar-refractivity contribution in [1.29, 1.82) is 0 Å². The summed E-state index contributed by atoms with van der Waals surface area (Å²) in [5, 5.41) is 16.0. The Morgan fingerprint density at radius 2 is 2.00 bits per heavy atom. The van der Waals surface area contributed by atoms with Gasteiger partial charge in [0.2, 0.25) is 11.9 Å². The lowest BCUT2D eigenvalue weighted by atomic mass is 10.0. The van der Waals surface area contributed by atoms with Gasteiger partial charge in [0.15, 0.2) is 0 Å². The largest absolute Gasteiger partial charge is 0.390 e. The molecule has 0 aliphatic carbocycles. The number of amides is 2. The fourth-order valence-electron chi connectivity index (χ4n) is 4.86. The molecule has 0 saturated carbocycles. The minimum Gasteiger partial charge on any atom is -0.390 e. The maximum absolute atomic E-state index is 13.4. The number of nitrogens with one attached hydrogen (secondary N) is 2. The number of aromatic nitrogens is 3. The molecule has 2 aliphatic heterocycles. The molecule has 204 valence electrons. The zero-order valence-corrected chi connectivity index (χ0v) is 22.6. The van der Waals surface area contributed by atoms with Crippen molar-refractivity contribution in [2.45, 2.75) is 58.0 Å². The minimum absolute atomic E-state index is 0.179. The Bertz CT molecular complexity index is 1380. The smallest absolute Gasteiger partial charge is 0.255 e. The molecule has 2 aromatic heterocycles. The van der Waals surface area contributed by atoms with Crippen LogP contribution in [0.4, 0.5) is 5.95 Å². The van der Waals surface area contributed by atoms with E-state index >= 15 is 0 Å². The minimum atomic E-state index is -0.687. The number of ether oxygens (including phenoxy) is 1. The molecule has 10 nitrogen and oxygen atoms in total. The second-order valence-corrected chi connectivity index (χ2v) is 10.3. The Balaban J connectivity index is 1.29. The van der Waals surface area contributed by atoms with Gasteiger partial charge >= 0.3 is 0 Å². The van der Waals surface area contributed by atoms with E-state index in [0.717, 1.165) is 24.0 Å². The van der Waals surface area contributed by atoms with Crippen molar-refractivity contribution in [3.8, 4) is 11.3 Å². The van der Waals surface area contributed by atoms with E-state index in [2.05, 4.69) is 25.6 Å². The summed E-state index contributed by atoms with van der Waals surface area (Å²) in [6.45, 7) is 5.12. The number of nitrogens with zero attached hydrogens (tertiary/aromatic N) is 4. The highest BCUT2D eigenvalue weighted by Gasteiger charge is 2.34. The highest BCUT2D eigenvalue weighted by molar-refractivity contribution is 6.33. The molecule has 2 atom stereocenters. The molecular formula is C28H31ClN6O4. The highest BCUT2D eigenvalue weighted by Crippen LogP contribution is 2.32. The highest BCUT2D eigenvalue weighted by atomic mass is 35.5. The van der Waals surface area contributed by atoms with Crippen LogP contribution < -0.4 is 10.6 Å². The Morgan fingerprint density at radius 3 is 2.77 bits per heavy atom. The van der Waals surface area contributed by atoms with Gasteiger partial charge in [-0.2, -0.15) is 0 Å². The fraction of sp³-hybridized carbons (Fsp3) is 0.393. The van der Waals surface area contributed by atoms with Crippen molar-refractivity contribution in [3.05, 3.63) is 70.1 Å². The first-order valence-corrected chi connectivity index (χ1v) is 13.4. The molecule has 0 radical (unpaired) electrons. The van der Waals surface area contributed by atoms with Crippen molar-refractivity contribution in [2.75, 3.05) is 18.5 Å². The van der Waals surface area contributed by atoms with Gasteiger partial charge in [-0.15, -0.1) is 0 Å². The Morgan fingerprint density at radius 1 is 1.21 bits per heavy atom. The van der Waals surface area contributed by atoms with E-state index in [9.17, 15) is 14.7 Å². The number of fused-ring (bicyclic) bond motifs is 1. The second-order valence-electron chi connectivity index (χ2n) is 9.87. The van der Waals surface area contributed by atoms with Crippen molar-refractivity contribution in [2.24, 2.45) is 0 Å². The van der Waals surface area contributed by atoms with Gasteiger partial charge < -0.3 is 25.4 Å². The molecule has 11 heteroatoms. The van der Waals surface area contributed by atoms with E-state index in [4.69, 9.17) is 16.3 Å². The van der Waals surface area contributed by atoms with Gasteiger partial charge in [-0.05, 0) is 56.0 Å². The lowest BCUT2D eigenvalue weighted by Crippen LogP contribution is -2.45. The number of hydrogen-bond donors (Lipinski definition) is 3. The number of pyridine rings is 1. The van der Waals surface area contributed by atoms with Crippen LogP contribution in [-0.4, -0.2) is 62.1 Å². The van der Waals surface area contributed by atoms with Gasteiger partial charge in [0.05, 0.1) is 35.3 Å². The summed E-state index contributed by atoms with van der Waals surface area (Å²) in [6.07, 6.45) is 4.91. The zero-order chi connectivity index (χ0) is 27.5. The topological polar surface area (TPSA) is 130 Å². The lowest BCUT2D eigenvalue weighted by molar-refractivity contribution is -0.125. The molecule has 0 unspecified atom stereocenters. The summed E-state index contributed by atoms with van der Waals surface area (Å²) in [5.74, 6) is -0.0113. The van der Waals surface area contributed by atoms with Crippen molar-refractivity contribution in [1.82, 2.24) is 25.2 Å². The van der Waals surface area contributed by atoms with Gasteiger partial charge in [-0.1, -0.05) is 23.7 Å². The van der Waals surface area contributed by atoms with E-state index < -0.39 is 6.04 Å². The van der Waals surface area contributed by atoms with Gasteiger partial charge in [-0.3, -0.25) is 14.6 Å². The maximum Gasteiger partial charge on any atom is 0.255 e. The molecule has 4 heterocycles. The first kappa shape index (κ1) is 27.0. The first-order valence-electron chi connectivity index (χ1n) is 13.0. The van der Waals surface area contributed by atoms with E-state index in [0.29, 0.717) is 53.2 Å². The Kier molecular flexibility index (Phi) is 8.06. The summed E-state index contributed by atoms with van der Waals surface area (Å²) < 4.78 is 5.42. The second kappa shape index (κ2) is 11.6. The van der Waals surface area contributed by atoms with E-state index in [-0.39, 0.29) is 30.5 Å². The molecule has 0 bridgehead atoms. The standard InChI is InChI=1S/C28H31ClN6O4/c1-16(18-5-8-30-22(11-18)15-36)32-26(37)17(2)35-14-20-4-3-19(12-23(20)27(35)38)25-24(29)13-31-28(34-25)33-21-6-9-39-10-7-21/h3-5,8,11-13,16-17,21,36H,6-7,9-10,14-15H2,1-2H3,(H,32,37)(H,31,33,34)/t16-,17-/m1/s1. The van der Waals surface area contributed by atoms with Crippen LogP contribution in [0.25, 0.3) is 11.3 Å². The number of carbonyl (C=O) groups is 2. The van der Waals surface area contributed by atoms with Crippen LogP contribution in [0.3, 0.4) is 0 Å². The number of rotatable bonds is 8. The third-order valence-corrected chi connectivity index (χ3v) is 7.50. The molecule has 3 aromatic rings. The molecule has 1 fully saturated rings. The molecule has 1 saturated heterocycles. The summed E-state index contributed by atoms with van der Waals surface area (Å²) in [5.41, 5.74) is 3.95. The predicted molar refractivity (Wildman–Crippen MR) is 146 cm³/mol. The fourth-order valence-corrected chi connectivity index (χ4v) is 5.06. The number of benzene rings is 1. The number of hydrogen-bond acceptors (Lipinski definition) is 8. The summed E-state index contributed by atoms with van der Waals surface area (Å²) in [6, 6.07) is 8.31. The van der Waals surface area contributed by atoms with Crippen molar-refractivity contribution >= 4 is 29.4 Å². The van der Waals surface area contributed by atoms with Crippen LogP contribution in [0.1, 0.15) is 59.9 Å². The van der Waals surface area contributed by atoms with E-state index in [1.807, 2.05) is 19.1 Å². The predicted octanol–water partition coefficient (Wildman–Crippen LogP) is 3.50. The quantitative estimate of drug-likeness (QED) is 0.388. The molecule has 0 spiro atoms. The number of halogens is 1. The number of anilines is 1. The molecule has 39 heavy (non-hydrogen) atoms. The SMILES string of the molecule is C[C@H](C(=O)N[C@H](C)c1ccnc(CO)c1)N1Cc2ccc(-c3nc(NC4CCOCC4)ncc3Cl)cc2C1=O. The molecule has 2 aliphatic rings. The van der Waals surface area contributed by atoms with Crippen LogP contribution in [0.5, 0.6) is 0 Å². The molecule has 3 N–H and O–H groups in total.